The minimum Gasteiger partial charge on any atom is -0.257 e. The summed E-state index contributed by atoms with van der Waals surface area (Å²) < 4.78 is 0. The third-order valence-electron chi connectivity index (χ3n) is 5.46. The topological polar surface area (TPSA) is 12.9 Å². The number of rotatable bonds is 6. The molecule has 0 aliphatic rings. The van der Waals surface area contributed by atoms with Crippen LogP contribution in [0.4, 0.5) is 0 Å². The van der Waals surface area contributed by atoms with Gasteiger partial charge < -0.3 is 0 Å². The van der Waals surface area contributed by atoms with Crippen LogP contribution in [0.3, 0.4) is 0 Å². The van der Waals surface area contributed by atoms with Gasteiger partial charge in [-0.25, -0.2) is 0 Å². The van der Waals surface area contributed by atoms with Crippen LogP contribution in [0.15, 0.2) is 43.0 Å². The molecule has 1 nitrogen and oxygen atoms in total. The van der Waals surface area contributed by atoms with E-state index < -0.39 is 0 Å². The lowest BCUT2D eigenvalue weighted by Crippen LogP contribution is -2.23. The molecule has 0 bridgehead atoms. The van der Waals surface area contributed by atoms with E-state index in [-0.39, 0.29) is 10.8 Å². The molecule has 0 aliphatic heterocycles. The van der Waals surface area contributed by atoms with Gasteiger partial charge in [0.1, 0.15) is 0 Å². The van der Waals surface area contributed by atoms with Crippen molar-refractivity contribution in [2.45, 2.75) is 65.2 Å². The maximum absolute atomic E-state index is 5.06. The summed E-state index contributed by atoms with van der Waals surface area (Å²) in [6, 6.07) is 13.1. The molecule has 0 spiro atoms. The van der Waals surface area contributed by atoms with Crippen LogP contribution in [0.25, 0.3) is 17.2 Å². The lowest BCUT2D eigenvalue weighted by atomic mass is 9.81. The molecule has 1 heterocycles. The minimum atomic E-state index is 0.0790. The zero-order valence-electron chi connectivity index (χ0n) is 16.1. The van der Waals surface area contributed by atoms with Crippen molar-refractivity contribution in [1.82, 2.24) is 4.98 Å². The first-order valence-corrected chi connectivity index (χ1v) is 8.99. The smallest absolute Gasteiger partial charge is 0.0469 e. The minimum absolute atomic E-state index is 0.0790. The van der Waals surface area contributed by atoms with Crippen molar-refractivity contribution in [2.75, 3.05) is 0 Å². The van der Waals surface area contributed by atoms with Crippen molar-refractivity contribution in [2.24, 2.45) is 0 Å². The summed E-state index contributed by atoms with van der Waals surface area (Å²) in [5, 5.41) is 0. The molecule has 24 heavy (non-hydrogen) atoms. The van der Waals surface area contributed by atoms with Gasteiger partial charge in [-0.05, 0) is 41.7 Å². The van der Waals surface area contributed by atoms with Crippen LogP contribution in [0.1, 0.15) is 71.3 Å². The Kier molecular flexibility index (Phi) is 5.32. The number of hydrogen-bond acceptors (Lipinski definition) is 1. The number of pyridine rings is 1. The highest BCUT2D eigenvalue weighted by atomic mass is 14.8. The molecular formula is C23H31N. The molecule has 128 valence electrons. The summed E-state index contributed by atoms with van der Waals surface area (Å²) in [5.41, 5.74) is 6.18. The summed E-state index contributed by atoms with van der Waals surface area (Å²) in [6.45, 7) is 17.4. The highest BCUT2D eigenvalue weighted by molar-refractivity contribution is 5.66. The van der Waals surface area contributed by atoms with E-state index in [0.29, 0.717) is 0 Å². The predicted octanol–water partition coefficient (Wildman–Crippen LogP) is 6.77. The Labute approximate surface area is 147 Å². The molecular weight excluding hydrogens is 290 g/mol. The average Bonchev–Trinajstić information content (AvgIpc) is 2.61. The normalized spacial score (nSPS) is 12.2. The van der Waals surface area contributed by atoms with Crippen molar-refractivity contribution >= 4 is 6.08 Å². The molecule has 0 amide bonds. The van der Waals surface area contributed by atoms with E-state index in [1.165, 1.54) is 22.5 Å². The maximum atomic E-state index is 5.06. The molecule has 0 aliphatic carbocycles. The zero-order chi connectivity index (χ0) is 18.0. The summed E-state index contributed by atoms with van der Waals surface area (Å²) >= 11 is 0. The van der Waals surface area contributed by atoms with Gasteiger partial charge in [0.25, 0.3) is 0 Å². The molecule has 0 atom stereocenters. The fraction of sp³-hybridized carbons (Fsp3) is 0.435. The van der Waals surface area contributed by atoms with E-state index in [9.17, 15) is 0 Å². The van der Waals surface area contributed by atoms with Crippen LogP contribution in [0, 0.1) is 0 Å². The Balaban J connectivity index is 2.63. The van der Waals surface area contributed by atoms with E-state index >= 15 is 0 Å². The van der Waals surface area contributed by atoms with Gasteiger partial charge in [0.15, 0.2) is 0 Å². The van der Waals surface area contributed by atoms with Gasteiger partial charge in [-0.3, -0.25) is 4.98 Å². The van der Waals surface area contributed by atoms with Gasteiger partial charge in [-0.15, -0.1) is 0 Å². The van der Waals surface area contributed by atoms with Gasteiger partial charge in [-0.1, -0.05) is 78.5 Å². The van der Waals surface area contributed by atoms with Gasteiger partial charge in [0.05, 0.1) is 0 Å². The molecule has 1 aromatic heterocycles. The molecule has 0 saturated heterocycles. The second-order valence-electron chi connectivity index (χ2n) is 7.93. The molecule has 2 aromatic rings. The van der Waals surface area contributed by atoms with Crippen LogP contribution >= 0.6 is 0 Å². The Bertz CT molecular complexity index is 671. The summed E-state index contributed by atoms with van der Waals surface area (Å²) in [6.07, 6.45) is 4.03. The molecule has 0 unspecified atom stereocenters. The fourth-order valence-electron chi connectivity index (χ4n) is 2.56. The molecule has 0 saturated carbocycles. The van der Waals surface area contributed by atoms with Gasteiger partial charge in [0, 0.05) is 22.2 Å². The molecule has 1 heteroatoms. The largest absolute Gasteiger partial charge is 0.257 e. The Morgan fingerprint density at radius 3 is 1.67 bits per heavy atom. The van der Waals surface area contributed by atoms with Crippen LogP contribution in [0.2, 0.25) is 0 Å². The van der Waals surface area contributed by atoms with Crippen LogP contribution in [-0.2, 0) is 10.8 Å². The SMILES string of the molecule is C=Cc1ccc(-c2cc(C(C)(C)CC)nc(C(C)(C)CC)c2)cc1. The van der Waals surface area contributed by atoms with Crippen molar-refractivity contribution < 1.29 is 0 Å². The lowest BCUT2D eigenvalue weighted by molar-refractivity contribution is 0.460. The monoisotopic (exact) mass is 321 g/mol. The van der Waals surface area contributed by atoms with Crippen LogP contribution < -0.4 is 0 Å². The Morgan fingerprint density at radius 2 is 1.29 bits per heavy atom. The number of benzene rings is 1. The summed E-state index contributed by atoms with van der Waals surface area (Å²) in [5.74, 6) is 0. The van der Waals surface area contributed by atoms with Crippen LogP contribution in [-0.4, -0.2) is 4.98 Å². The third kappa shape index (κ3) is 3.77. The molecule has 0 fully saturated rings. The maximum Gasteiger partial charge on any atom is 0.0469 e. The third-order valence-corrected chi connectivity index (χ3v) is 5.46. The van der Waals surface area contributed by atoms with Gasteiger partial charge in [0.2, 0.25) is 0 Å². The van der Waals surface area contributed by atoms with Gasteiger partial charge in [-0.2, -0.15) is 0 Å². The highest BCUT2D eigenvalue weighted by Gasteiger charge is 2.26. The first-order chi connectivity index (χ1) is 11.2. The second kappa shape index (κ2) is 6.93. The van der Waals surface area contributed by atoms with Crippen molar-refractivity contribution in [3.8, 4) is 11.1 Å². The zero-order valence-corrected chi connectivity index (χ0v) is 16.1. The van der Waals surface area contributed by atoms with E-state index in [1.54, 1.807) is 0 Å². The molecule has 0 N–H and O–H groups in total. The van der Waals surface area contributed by atoms with Crippen molar-refractivity contribution in [1.29, 1.82) is 0 Å². The second-order valence-corrected chi connectivity index (χ2v) is 7.93. The number of aromatic nitrogens is 1. The quantitative estimate of drug-likeness (QED) is 0.572. The molecule has 0 radical (unpaired) electrons. The summed E-state index contributed by atoms with van der Waals surface area (Å²) in [7, 11) is 0. The standard InChI is InChI=1S/C23H31N/c1-8-17-11-13-18(14-12-17)19-15-20(22(4,5)9-2)24-21(16-19)23(6,7)10-3/h8,11-16H,1,9-10H2,2-7H3. The highest BCUT2D eigenvalue weighted by Crippen LogP contribution is 2.34. The van der Waals surface area contributed by atoms with E-state index in [2.05, 4.69) is 84.5 Å². The Hall–Kier alpha value is -1.89. The van der Waals surface area contributed by atoms with Crippen molar-refractivity contribution in [3.63, 3.8) is 0 Å². The van der Waals surface area contributed by atoms with Crippen molar-refractivity contribution in [3.05, 3.63) is 59.9 Å². The van der Waals surface area contributed by atoms with E-state index in [4.69, 9.17) is 4.98 Å². The van der Waals surface area contributed by atoms with Crippen LogP contribution in [0.5, 0.6) is 0 Å². The van der Waals surface area contributed by atoms with E-state index in [1.807, 2.05) is 6.08 Å². The average molecular weight is 322 g/mol. The summed E-state index contributed by atoms with van der Waals surface area (Å²) in [4.78, 5) is 5.06. The predicted molar refractivity (Wildman–Crippen MR) is 106 cm³/mol. The lowest BCUT2D eigenvalue weighted by Gasteiger charge is -2.28. The number of nitrogens with zero attached hydrogens (tertiary/aromatic N) is 1. The Morgan fingerprint density at radius 1 is 0.833 bits per heavy atom. The van der Waals surface area contributed by atoms with E-state index in [0.717, 1.165) is 18.4 Å². The molecule has 2 rings (SSSR count). The van der Waals surface area contributed by atoms with Gasteiger partial charge >= 0.3 is 0 Å². The first-order valence-electron chi connectivity index (χ1n) is 8.99. The number of hydrogen-bond donors (Lipinski definition) is 0. The first kappa shape index (κ1) is 18.4. The fourth-order valence-corrected chi connectivity index (χ4v) is 2.56. The molecule has 1 aromatic carbocycles.